The molecule has 0 unspecified atom stereocenters. The second-order valence-electron chi connectivity index (χ2n) is 8.62. The van der Waals surface area contributed by atoms with Gasteiger partial charge in [-0.05, 0) is 61.6 Å². The van der Waals surface area contributed by atoms with Crippen LogP contribution in [0.5, 0.6) is 0 Å². The lowest BCUT2D eigenvalue weighted by Crippen LogP contribution is -2.42. The number of hydrogen-bond donors (Lipinski definition) is 0. The zero-order valence-electron chi connectivity index (χ0n) is 17.6. The quantitative estimate of drug-likeness (QED) is 0.603. The highest BCUT2D eigenvalue weighted by Crippen LogP contribution is 2.31. The van der Waals surface area contributed by atoms with Crippen LogP contribution in [0.25, 0.3) is 0 Å². The topological polar surface area (TPSA) is 57.7 Å². The maximum atomic E-state index is 12.8. The Morgan fingerprint density at radius 1 is 0.935 bits per heavy atom. The summed E-state index contributed by atoms with van der Waals surface area (Å²) in [5.74, 6) is 1.13. The van der Waals surface area contributed by atoms with Crippen LogP contribution in [0.3, 0.4) is 0 Å². The van der Waals surface area contributed by atoms with Gasteiger partial charge in [-0.3, -0.25) is 4.79 Å². The highest BCUT2D eigenvalue weighted by atomic mass is 35.5. The van der Waals surface area contributed by atoms with Gasteiger partial charge in [-0.25, -0.2) is 8.42 Å². The molecule has 1 aromatic heterocycles. The Labute approximate surface area is 194 Å². The standard InChI is InChI=1S/C23H29ClN2O3S2/c24-21-6-7-23(30-21)31(28,29)26-14-10-20(11-15-26)17-22(27)25-12-8-19(9-13-25)16-18-4-2-1-3-5-18/h1-7,19-20H,8-17H2. The molecule has 4 rings (SSSR count). The van der Waals surface area contributed by atoms with Crippen molar-refractivity contribution >= 4 is 38.9 Å². The lowest BCUT2D eigenvalue weighted by molar-refractivity contribution is -0.133. The van der Waals surface area contributed by atoms with E-state index >= 15 is 0 Å². The van der Waals surface area contributed by atoms with Gasteiger partial charge in [0.15, 0.2) is 0 Å². The molecule has 2 saturated heterocycles. The fourth-order valence-electron chi connectivity index (χ4n) is 4.63. The third-order valence-electron chi connectivity index (χ3n) is 6.51. The third-order valence-corrected chi connectivity index (χ3v) is 10.1. The number of rotatable bonds is 6. The molecule has 168 valence electrons. The summed E-state index contributed by atoms with van der Waals surface area (Å²) in [5.41, 5.74) is 1.37. The molecule has 0 aliphatic carbocycles. The van der Waals surface area contributed by atoms with Gasteiger partial charge in [0, 0.05) is 32.6 Å². The lowest BCUT2D eigenvalue weighted by Gasteiger charge is -2.35. The number of sulfonamides is 1. The van der Waals surface area contributed by atoms with Crippen LogP contribution in [0.4, 0.5) is 0 Å². The Morgan fingerprint density at radius 2 is 1.58 bits per heavy atom. The Morgan fingerprint density at radius 3 is 2.19 bits per heavy atom. The fraction of sp³-hybridized carbons (Fsp3) is 0.522. The van der Waals surface area contributed by atoms with Gasteiger partial charge < -0.3 is 4.90 Å². The second-order valence-corrected chi connectivity index (χ2v) is 12.5. The summed E-state index contributed by atoms with van der Waals surface area (Å²) in [4.78, 5) is 14.8. The van der Waals surface area contributed by atoms with Crippen molar-refractivity contribution in [1.29, 1.82) is 0 Å². The van der Waals surface area contributed by atoms with Crippen molar-refractivity contribution in [1.82, 2.24) is 9.21 Å². The van der Waals surface area contributed by atoms with Crippen molar-refractivity contribution in [2.24, 2.45) is 11.8 Å². The molecule has 0 N–H and O–H groups in total. The van der Waals surface area contributed by atoms with E-state index in [1.807, 2.05) is 11.0 Å². The maximum absolute atomic E-state index is 12.8. The number of carbonyl (C=O) groups excluding carboxylic acids is 1. The van der Waals surface area contributed by atoms with Crippen molar-refractivity contribution in [2.45, 2.75) is 42.7 Å². The Bertz CT molecular complexity index is 977. The number of hydrogen-bond acceptors (Lipinski definition) is 4. The summed E-state index contributed by atoms with van der Waals surface area (Å²) in [6.07, 6.45) is 5.19. The summed E-state index contributed by atoms with van der Waals surface area (Å²) in [6, 6.07) is 13.8. The van der Waals surface area contributed by atoms with E-state index in [-0.39, 0.29) is 11.8 Å². The average molecular weight is 481 g/mol. The van der Waals surface area contributed by atoms with Crippen LogP contribution in [0.2, 0.25) is 4.34 Å². The first kappa shape index (κ1) is 22.8. The molecular weight excluding hydrogens is 452 g/mol. The predicted molar refractivity (Wildman–Crippen MR) is 125 cm³/mol. The number of halogens is 1. The van der Waals surface area contributed by atoms with E-state index in [1.165, 1.54) is 9.87 Å². The van der Waals surface area contributed by atoms with Crippen LogP contribution >= 0.6 is 22.9 Å². The highest BCUT2D eigenvalue weighted by molar-refractivity contribution is 7.91. The molecule has 1 aromatic carbocycles. The number of thiophene rings is 1. The number of carbonyl (C=O) groups is 1. The minimum absolute atomic E-state index is 0.226. The molecule has 8 heteroatoms. The molecular formula is C23H29ClN2O3S2. The molecule has 0 saturated carbocycles. The SMILES string of the molecule is O=C(CC1CCN(S(=O)(=O)c2ccc(Cl)s2)CC1)N1CCC(Cc2ccccc2)CC1. The van der Waals surface area contributed by atoms with E-state index in [0.29, 0.717) is 34.0 Å². The molecule has 0 bridgehead atoms. The smallest absolute Gasteiger partial charge is 0.252 e. The molecule has 2 aliphatic heterocycles. The first-order chi connectivity index (χ1) is 14.9. The van der Waals surface area contributed by atoms with Gasteiger partial charge in [0.2, 0.25) is 5.91 Å². The van der Waals surface area contributed by atoms with Crippen LogP contribution in [-0.4, -0.2) is 49.7 Å². The largest absolute Gasteiger partial charge is 0.343 e. The number of amides is 1. The molecule has 31 heavy (non-hydrogen) atoms. The van der Waals surface area contributed by atoms with Crippen molar-refractivity contribution in [2.75, 3.05) is 26.2 Å². The Balaban J connectivity index is 1.22. The molecule has 0 radical (unpaired) electrons. The van der Waals surface area contributed by atoms with Crippen molar-refractivity contribution in [3.63, 3.8) is 0 Å². The van der Waals surface area contributed by atoms with E-state index in [2.05, 4.69) is 24.3 Å². The van der Waals surface area contributed by atoms with Crippen molar-refractivity contribution in [3.8, 4) is 0 Å². The molecule has 3 heterocycles. The zero-order chi connectivity index (χ0) is 21.8. The second kappa shape index (κ2) is 10.0. The number of benzene rings is 1. The van der Waals surface area contributed by atoms with Crippen molar-refractivity contribution < 1.29 is 13.2 Å². The monoisotopic (exact) mass is 480 g/mol. The molecule has 0 atom stereocenters. The van der Waals surface area contributed by atoms with Gasteiger partial charge in [-0.1, -0.05) is 41.9 Å². The first-order valence-electron chi connectivity index (χ1n) is 11.0. The van der Waals surface area contributed by atoms with Gasteiger partial charge in [0.25, 0.3) is 10.0 Å². The lowest BCUT2D eigenvalue weighted by atomic mass is 9.89. The number of likely N-dealkylation sites (tertiary alicyclic amines) is 1. The zero-order valence-corrected chi connectivity index (χ0v) is 20.0. The van der Waals surface area contributed by atoms with Gasteiger partial charge >= 0.3 is 0 Å². The predicted octanol–water partition coefficient (Wildman–Crippen LogP) is 4.67. The summed E-state index contributed by atoms with van der Waals surface area (Å²) in [7, 11) is -3.47. The van der Waals surface area contributed by atoms with Gasteiger partial charge in [0.1, 0.15) is 4.21 Å². The summed E-state index contributed by atoms with van der Waals surface area (Å²) < 4.78 is 27.8. The minimum Gasteiger partial charge on any atom is -0.343 e. The normalized spacial score (nSPS) is 19.6. The fourth-order valence-corrected chi connectivity index (χ4v) is 7.73. The Kier molecular flexibility index (Phi) is 7.37. The van der Waals surface area contributed by atoms with Crippen LogP contribution < -0.4 is 0 Å². The molecule has 5 nitrogen and oxygen atoms in total. The first-order valence-corrected chi connectivity index (χ1v) is 13.6. The highest BCUT2D eigenvalue weighted by Gasteiger charge is 2.32. The van der Waals surface area contributed by atoms with E-state index in [0.717, 1.165) is 56.5 Å². The van der Waals surface area contributed by atoms with E-state index < -0.39 is 10.0 Å². The molecule has 1 amide bonds. The molecule has 2 aromatic rings. The summed E-state index contributed by atoms with van der Waals surface area (Å²) in [6.45, 7) is 2.61. The Hall–Kier alpha value is -1.41. The molecule has 2 aliphatic rings. The molecule has 2 fully saturated rings. The van der Waals surface area contributed by atoms with E-state index in [9.17, 15) is 13.2 Å². The molecule has 0 spiro atoms. The van der Waals surface area contributed by atoms with Crippen molar-refractivity contribution in [3.05, 3.63) is 52.4 Å². The average Bonchev–Trinajstić information content (AvgIpc) is 3.22. The van der Waals surface area contributed by atoms with E-state index in [1.54, 1.807) is 12.1 Å². The van der Waals surface area contributed by atoms with Crippen LogP contribution in [-0.2, 0) is 21.2 Å². The number of nitrogens with zero attached hydrogens (tertiary/aromatic N) is 2. The summed E-state index contributed by atoms with van der Waals surface area (Å²) in [5, 5.41) is 0. The van der Waals surface area contributed by atoms with Gasteiger partial charge in [0.05, 0.1) is 4.34 Å². The van der Waals surface area contributed by atoms with Gasteiger partial charge in [-0.15, -0.1) is 11.3 Å². The maximum Gasteiger partial charge on any atom is 0.252 e. The van der Waals surface area contributed by atoms with Crippen LogP contribution in [0, 0.1) is 11.8 Å². The van der Waals surface area contributed by atoms with E-state index in [4.69, 9.17) is 11.6 Å². The minimum atomic E-state index is -3.47. The van der Waals surface area contributed by atoms with Gasteiger partial charge in [-0.2, -0.15) is 4.31 Å². The van der Waals surface area contributed by atoms with Crippen LogP contribution in [0.15, 0.2) is 46.7 Å². The third kappa shape index (κ3) is 5.69. The van der Waals surface area contributed by atoms with Crippen LogP contribution in [0.1, 0.15) is 37.7 Å². The summed E-state index contributed by atoms with van der Waals surface area (Å²) >= 11 is 7.00. The number of piperidine rings is 2.